The van der Waals surface area contributed by atoms with Gasteiger partial charge in [0.1, 0.15) is 12.4 Å². The van der Waals surface area contributed by atoms with E-state index in [9.17, 15) is 5.11 Å². The summed E-state index contributed by atoms with van der Waals surface area (Å²) in [5.41, 5.74) is 1.09. The quantitative estimate of drug-likeness (QED) is 0.729. The number of aryl methyl sites for hydroxylation is 1. The molecule has 1 unspecified atom stereocenters. The molecule has 0 heterocycles. The lowest BCUT2D eigenvalue weighted by atomic mass is 9.95. The van der Waals surface area contributed by atoms with E-state index < -0.39 is 0 Å². The third-order valence-electron chi connectivity index (χ3n) is 4.38. The molecule has 0 spiro atoms. The zero-order valence-corrected chi connectivity index (χ0v) is 12.7. The predicted molar refractivity (Wildman–Crippen MR) is 82.1 cm³/mol. The number of unbranched alkanes of at least 4 members (excludes halogenated alkanes) is 1. The van der Waals surface area contributed by atoms with Gasteiger partial charge in [-0.2, -0.15) is 0 Å². The first-order valence-electron chi connectivity index (χ1n) is 7.75. The van der Waals surface area contributed by atoms with Crippen molar-refractivity contribution in [3.05, 3.63) is 29.8 Å². The van der Waals surface area contributed by atoms with Crippen LogP contribution in [0.15, 0.2) is 24.3 Å². The molecule has 2 N–H and O–H groups in total. The van der Waals surface area contributed by atoms with Crippen LogP contribution in [0.25, 0.3) is 0 Å². The highest BCUT2D eigenvalue weighted by molar-refractivity contribution is 5.27. The number of hydrogen-bond acceptors (Lipinski definition) is 3. The molecule has 1 aliphatic carbocycles. The summed E-state index contributed by atoms with van der Waals surface area (Å²) in [5.74, 6) is 1.43. The lowest BCUT2D eigenvalue weighted by Gasteiger charge is -2.31. The molecule has 1 saturated carbocycles. The molecule has 1 aromatic carbocycles. The minimum absolute atomic E-state index is 0.128. The molecule has 0 aliphatic heterocycles. The van der Waals surface area contributed by atoms with E-state index in [2.05, 4.69) is 24.4 Å². The normalized spacial score (nSPS) is 17.8. The van der Waals surface area contributed by atoms with E-state index in [1.807, 2.05) is 19.2 Å². The van der Waals surface area contributed by atoms with Gasteiger partial charge in [-0.1, -0.05) is 25.5 Å². The number of likely N-dealkylation sites (N-methyl/N-ethyl adjacent to an activating group) is 1. The molecule has 1 aromatic rings. The van der Waals surface area contributed by atoms with Crippen LogP contribution >= 0.6 is 0 Å². The zero-order chi connectivity index (χ0) is 14.4. The molecule has 0 amide bonds. The molecule has 20 heavy (non-hydrogen) atoms. The Morgan fingerprint density at radius 1 is 1.30 bits per heavy atom. The van der Waals surface area contributed by atoms with Crippen LogP contribution in [0.4, 0.5) is 0 Å². The minimum atomic E-state index is -0.277. The molecule has 1 atom stereocenters. The Hall–Kier alpha value is -1.06. The largest absolute Gasteiger partial charge is 0.492 e. The second-order valence-corrected chi connectivity index (χ2v) is 5.87. The Labute approximate surface area is 122 Å². The minimum Gasteiger partial charge on any atom is -0.492 e. The van der Waals surface area contributed by atoms with E-state index in [0.717, 1.165) is 12.2 Å². The molecular formula is C17H27NO2. The van der Waals surface area contributed by atoms with Gasteiger partial charge in [0.2, 0.25) is 0 Å². The Morgan fingerprint density at radius 3 is 2.50 bits per heavy atom. The van der Waals surface area contributed by atoms with Crippen molar-refractivity contribution in [2.24, 2.45) is 5.92 Å². The molecule has 112 valence electrons. The molecule has 0 aromatic heterocycles. The third kappa shape index (κ3) is 3.74. The van der Waals surface area contributed by atoms with Crippen molar-refractivity contribution in [3.8, 4) is 5.75 Å². The van der Waals surface area contributed by atoms with Gasteiger partial charge in [-0.05, 0) is 56.3 Å². The zero-order valence-electron chi connectivity index (χ0n) is 12.7. The highest BCUT2D eigenvalue weighted by Gasteiger charge is 2.44. The third-order valence-corrected chi connectivity index (χ3v) is 4.38. The van der Waals surface area contributed by atoms with E-state index >= 15 is 0 Å². The van der Waals surface area contributed by atoms with E-state index in [-0.39, 0.29) is 12.1 Å². The Bertz CT molecular complexity index is 394. The lowest BCUT2D eigenvalue weighted by molar-refractivity contribution is 0.0915. The molecular weight excluding hydrogens is 250 g/mol. The summed E-state index contributed by atoms with van der Waals surface area (Å²) in [5, 5.41) is 12.9. The van der Waals surface area contributed by atoms with Gasteiger partial charge >= 0.3 is 0 Å². The second-order valence-electron chi connectivity index (χ2n) is 5.87. The average Bonchev–Trinajstić information content (AvgIpc) is 3.33. The molecule has 0 saturated heterocycles. The first-order chi connectivity index (χ1) is 9.74. The number of hydrogen-bond donors (Lipinski definition) is 2. The van der Waals surface area contributed by atoms with Crippen molar-refractivity contribution in [3.63, 3.8) is 0 Å². The van der Waals surface area contributed by atoms with Gasteiger partial charge in [0.25, 0.3) is 0 Å². The van der Waals surface area contributed by atoms with Gasteiger partial charge in [-0.3, -0.25) is 0 Å². The Balaban J connectivity index is 1.89. The van der Waals surface area contributed by atoms with Crippen molar-refractivity contribution in [2.75, 3.05) is 20.3 Å². The van der Waals surface area contributed by atoms with Gasteiger partial charge in [-0.25, -0.2) is 0 Å². The molecule has 1 aliphatic rings. The van der Waals surface area contributed by atoms with Crippen molar-refractivity contribution >= 4 is 0 Å². The van der Waals surface area contributed by atoms with Gasteiger partial charge in [0.15, 0.2) is 0 Å². The highest BCUT2D eigenvalue weighted by Crippen LogP contribution is 2.39. The van der Waals surface area contributed by atoms with Crippen LogP contribution in [0.2, 0.25) is 0 Å². The number of rotatable bonds is 9. The summed E-state index contributed by atoms with van der Waals surface area (Å²) in [6.07, 6.45) is 5.95. The van der Waals surface area contributed by atoms with Crippen LogP contribution in [-0.4, -0.2) is 30.9 Å². The fourth-order valence-electron chi connectivity index (χ4n) is 2.63. The predicted octanol–water partition coefficient (Wildman–Crippen LogP) is 2.77. The van der Waals surface area contributed by atoms with Crippen molar-refractivity contribution in [1.29, 1.82) is 0 Å². The van der Waals surface area contributed by atoms with E-state index in [0.29, 0.717) is 12.5 Å². The van der Waals surface area contributed by atoms with Crippen LogP contribution in [0.3, 0.4) is 0 Å². The summed E-state index contributed by atoms with van der Waals surface area (Å²) < 4.78 is 5.89. The standard InChI is InChI=1S/C17H27NO2/c1-3-4-5-14-6-10-16(11-7-14)20-13-17(12-19,18-2)15-8-9-15/h6-7,10-11,15,18-19H,3-5,8-9,12-13H2,1-2H3. The molecule has 3 nitrogen and oxygen atoms in total. The summed E-state index contributed by atoms with van der Waals surface area (Å²) in [6, 6.07) is 8.36. The SMILES string of the molecule is CCCCc1ccc(OCC(CO)(NC)C2CC2)cc1. The maximum Gasteiger partial charge on any atom is 0.119 e. The first kappa shape index (κ1) is 15.3. The lowest BCUT2D eigenvalue weighted by Crippen LogP contribution is -2.53. The van der Waals surface area contributed by atoms with Crippen LogP contribution < -0.4 is 10.1 Å². The molecule has 0 radical (unpaired) electrons. The number of benzene rings is 1. The molecule has 0 bridgehead atoms. The van der Waals surface area contributed by atoms with Crippen LogP contribution in [0.5, 0.6) is 5.75 Å². The van der Waals surface area contributed by atoms with Gasteiger partial charge in [0.05, 0.1) is 12.1 Å². The Morgan fingerprint density at radius 2 is 2.00 bits per heavy atom. The topological polar surface area (TPSA) is 41.5 Å². The maximum atomic E-state index is 9.66. The monoisotopic (exact) mass is 277 g/mol. The maximum absolute atomic E-state index is 9.66. The summed E-state index contributed by atoms with van der Waals surface area (Å²) >= 11 is 0. The van der Waals surface area contributed by atoms with Crippen molar-refractivity contribution in [2.45, 2.75) is 44.6 Å². The number of aliphatic hydroxyl groups excluding tert-OH is 1. The highest BCUT2D eigenvalue weighted by atomic mass is 16.5. The van der Waals surface area contributed by atoms with Crippen LogP contribution in [-0.2, 0) is 6.42 Å². The van der Waals surface area contributed by atoms with Crippen molar-refractivity contribution in [1.82, 2.24) is 5.32 Å². The number of aliphatic hydroxyl groups is 1. The fraction of sp³-hybridized carbons (Fsp3) is 0.647. The second kappa shape index (κ2) is 7.09. The average molecular weight is 277 g/mol. The van der Waals surface area contributed by atoms with Crippen LogP contribution in [0.1, 0.15) is 38.2 Å². The first-order valence-corrected chi connectivity index (χ1v) is 7.75. The van der Waals surface area contributed by atoms with E-state index in [4.69, 9.17) is 4.74 Å². The van der Waals surface area contributed by atoms with Gasteiger partial charge in [0, 0.05) is 0 Å². The van der Waals surface area contributed by atoms with Gasteiger partial charge < -0.3 is 15.2 Å². The summed E-state index contributed by atoms with van der Waals surface area (Å²) in [6.45, 7) is 2.86. The molecule has 1 fully saturated rings. The van der Waals surface area contributed by atoms with E-state index in [1.54, 1.807) is 0 Å². The van der Waals surface area contributed by atoms with Crippen LogP contribution in [0, 0.1) is 5.92 Å². The summed E-state index contributed by atoms with van der Waals surface area (Å²) in [7, 11) is 1.91. The fourth-order valence-corrected chi connectivity index (χ4v) is 2.63. The van der Waals surface area contributed by atoms with E-state index in [1.165, 1.54) is 31.2 Å². The molecule has 2 rings (SSSR count). The van der Waals surface area contributed by atoms with Crippen molar-refractivity contribution < 1.29 is 9.84 Å². The summed E-state index contributed by atoms with van der Waals surface area (Å²) in [4.78, 5) is 0. The Kier molecular flexibility index (Phi) is 5.44. The number of nitrogens with one attached hydrogen (secondary N) is 1. The molecule has 3 heteroatoms. The van der Waals surface area contributed by atoms with Gasteiger partial charge in [-0.15, -0.1) is 0 Å². The number of ether oxygens (including phenoxy) is 1. The smallest absolute Gasteiger partial charge is 0.119 e.